The van der Waals surface area contributed by atoms with Gasteiger partial charge in [0, 0.05) is 32.4 Å². The van der Waals surface area contributed by atoms with Crippen LogP contribution in [0.1, 0.15) is 99.9 Å². The maximum atomic E-state index is 2.64. The first-order valence-corrected chi connectivity index (χ1v) is 33.8. The number of nitrogens with zero attached hydrogens (tertiary/aromatic N) is 2. The Bertz CT molecular complexity index is 6140. The zero-order valence-electron chi connectivity index (χ0n) is 54.0. The summed E-state index contributed by atoms with van der Waals surface area (Å²) in [6, 6.07) is 94.9. The molecule has 2 heterocycles. The standard InChI is InChI=1S/C92H64N2/c1-89(2)67-31-9-11-33-77(67)93(79-47-69-65(45-71(79)89)87-61-29-17-27-55-53-23-13-19-49-21-15-25-57(81(49)53)63(85(55)61)43-73(87)91(69,5)6)75-41-37-51-36-40-60-76(42-38-52-35-39-59(75)83(51)84(52)60)94-78-34-12-10-32-68(78)90(3,4)72-46-66-70(48-80(72)94)92(7,8)74-44-64-58-26-16-22-50-20-14-24-54(82(50)58)56-28-18-30-62(86(56)64)88(66)74/h9-48H,1-8H3. The van der Waals surface area contributed by atoms with Crippen LogP contribution in [0, 0.1) is 0 Å². The molecule has 2 nitrogen and oxygen atoms in total. The topological polar surface area (TPSA) is 6.48 Å². The molecule has 0 aromatic heterocycles. The number of fused-ring (bicyclic) bond motifs is 16. The zero-order valence-corrected chi connectivity index (χ0v) is 54.0. The van der Waals surface area contributed by atoms with E-state index >= 15 is 0 Å². The van der Waals surface area contributed by atoms with Gasteiger partial charge in [0.25, 0.3) is 0 Å². The van der Waals surface area contributed by atoms with E-state index < -0.39 is 0 Å². The zero-order chi connectivity index (χ0) is 62.5. The van der Waals surface area contributed by atoms with Gasteiger partial charge in [0.1, 0.15) is 0 Å². The summed E-state index contributed by atoms with van der Waals surface area (Å²) in [5.41, 5.74) is 22.6. The Morgan fingerprint density at radius 1 is 0.191 bits per heavy atom. The summed E-state index contributed by atoms with van der Waals surface area (Å²) in [4.78, 5) is 5.29. The summed E-state index contributed by atoms with van der Waals surface area (Å²) < 4.78 is 0. The molecule has 2 heteroatoms. The largest absolute Gasteiger partial charge is 0.309 e. The van der Waals surface area contributed by atoms with E-state index in [0.29, 0.717) is 0 Å². The molecule has 0 spiro atoms. The maximum Gasteiger partial charge on any atom is 0.0540 e. The van der Waals surface area contributed by atoms with E-state index in [-0.39, 0.29) is 21.7 Å². The predicted molar refractivity (Wildman–Crippen MR) is 401 cm³/mol. The minimum Gasteiger partial charge on any atom is -0.309 e. The van der Waals surface area contributed by atoms with Crippen LogP contribution >= 0.6 is 0 Å². The number of para-hydroxylation sites is 2. The van der Waals surface area contributed by atoms with Gasteiger partial charge in [-0.2, -0.15) is 0 Å². The van der Waals surface area contributed by atoms with Gasteiger partial charge >= 0.3 is 0 Å². The Kier molecular flexibility index (Phi) is 9.30. The van der Waals surface area contributed by atoms with Crippen molar-refractivity contribution in [2.45, 2.75) is 77.0 Å². The van der Waals surface area contributed by atoms with Crippen molar-refractivity contribution in [2.24, 2.45) is 0 Å². The van der Waals surface area contributed by atoms with Crippen molar-refractivity contribution in [3.05, 3.63) is 287 Å². The SMILES string of the molecule is CC1(C)c2ccccc2N(c2ccc3ccc4c(N5c6ccccc6C(C)(C)c6cc7c(cc65)C(C)(C)c5cc6c8cccc9cccc(c%10cccc(c5-7)c%106)c98)ccc5ccc2c3c54)c2cc3c(cc21)-c1c(cc2c4cccc5cccc(c6cccc1c62)c54)C3(C)C. The summed E-state index contributed by atoms with van der Waals surface area (Å²) in [5, 5.41) is 29.1. The van der Waals surface area contributed by atoms with Crippen molar-refractivity contribution in [3.8, 4) is 22.3 Å². The molecule has 94 heavy (non-hydrogen) atoms. The first-order chi connectivity index (χ1) is 45.7. The molecule has 0 unspecified atom stereocenters. The number of rotatable bonds is 2. The summed E-state index contributed by atoms with van der Waals surface area (Å²) in [7, 11) is 0. The molecule has 0 N–H and O–H groups in total. The van der Waals surface area contributed by atoms with E-state index in [0.717, 1.165) is 0 Å². The lowest BCUT2D eigenvalue weighted by Gasteiger charge is -2.43. The van der Waals surface area contributed by atoms with Gasteiger partial charge in [-0.1, -0.05) is 237 Å². The molecule has 18 aromatic rings. The molecule has 0 radical (unpaired) electrons. The molecule has 0 atom stereocenters. The van der Waals surface area contributed by atoms with E-state index in [2.05, 4.69) is 308 Å². The molecule has 4 aliphatic rings. The summed E-state index contributed by atoms with van der Waals surface area (Å²) >= 11 is 0. The third-order valence-electron chi connectivity index (χ3n) is 24.4. The second-order valence-electron chi connectivity index (χ2n) is 30.2. The summed E-state index contributed by atoms with van der Waals surface area (Å²) in [6.45, 7) is 19.7. The fraction of sp³-hybridized carbons (Fsp3) is 0.130. The first-order valence-electron chi connectivity index (χ1n) is 33.8. The van der Waals surface area contributed by atoms with E-state index in [4.69, 9.17) is 0 Å². The van der Waals surface area contributed by atoms with Gasteiger partial charge in [0.15, 0.2) is 0 Å². The lowest BCUT2D eigenvalue weighted by Crippen LogP contribution is -2.31. The molecule has 0 bridgehead atoms. The average Bonchev–Trinajstić information content (AvgIpc) is 1.43. The summed E-state index contributed by atoms with van der Waals surface area (Å²) in [5.74, 6) is 0. The minimum absolute atomic E-state index is 0.283. The minimum atomic E-state index is -0.298. The normalized spacial score (nSPS) is 16.2. The Morgan fingerprint density at radius 3 is 0.936 bits per heavy atom. The first kappa shape index (κ1) is 51.8. The van der Waals surface area contributed by atoms with Crippen LogP contribution in [-0.2, 0) is 21.7 Å². The predicted octanol–water partition coefficient (Wildman–Crippen LogP) is 25.5. The lowest BCUT2D eigenvalue weighted by atomic mass is 9.71. The molecule has 18 aromatic carbocycles. The van der Waals surface area contributed by atoms with Crippen LogP contribution in [0.5, 0.6) is 0 Å². The van der Waals surface area contributed by atoms with E-state index in [1.807, 2.05) is 0 Å². The van der Waals surface area contributed by atoms with Crippen LogP contribution < -0.4 is 9.80 Å². The van der Waals surface area contributed by atoms with Crippen molar-refractivity contribution in [3.63, 3.8) is 0 Å². The van der Waals surface area contributed by atoms with Crippen LogP contribution in [0.25, 0.3) is 141 Å². The van der Waals surface area contributed by atoms with Crippen LogP contribution in [0.2, 0.25) is 0 Å². The van der Waals surface area contributed by atoms with E-state index in [9.17, 15) is 0 Å². The Balaban J connectivity index is 0.752. The van der Waals surface area contributed by atoms with Crippen molar-refractivity contribution in [2.75, 3.05) is 9.80 Å². The molecule has 0 saturated heterocycles. The van der Waals surface area contributed by atoms with Crippen molar-refractivity contribution in [1.82, 2.24) is 0 Å². The Morgan fingerprint density at radius 2 is 0.521 bits per heavy atom. The van der Waals surface area contributed by atoms with Crippen LogP contribution in [-0.4, -0.2) is 0 Å². The fourth-order valence-electron chi connectivity index (χ4n) is 19.9. The second-order valence-corrected chi connectivity index (χ2v) is 30.2. The highest BCUT2D eigenvalue weighted by atomic mass is 15.2. The third-order valence-corrected chi connectivity index (χ3v) is 24.4. The molecule has 2 aliphatic heterocycles. The number of hydrogen-bond donors (Lipinski definition) is 0. The van der Waals surface area contributed by atoms with Crippen molar-refractivity contribution in [1.29, 1.82) is 0 Å². The highest BCUT2D eigenvalue weighted by Crippen LogP contribution is 2.64. The van der Waals surface area contributed by atoms with Gasteiger partial charge in [0.05, 0.1) is 34.1 Å². The molecule has 2 aliphatic carbocycles. The van der Waals surface area contributed by atoms with E-state index in [1.165, 1.54) is 219 Å². The van der Waals surface area contributed by atoms with Gasteiger partial charge in [0.2, 0.25) is 0 Å². The molecule has 0 fully saturated rings. The van der Waals surface area contributed by atoms with Crippen LogP contribution in [0.15, 0.2) is 243 Å². The van der Waals surface area contributed by atoms with Gasteiger partial charge in [-0.25, -0.2) is 0 Å². The Hall–Kier alpha value is -10.8. The van der Waals surface area contributed by atoms with Gasteiger partial charge in [-0.3, -0.25) is 0 Å². The van der Waals surface area contributed by atoms with Gasteiger partial charge in [-0.05, 0) is 235 Å². The molecule has 0 amide bonds. The van der Waals surface area contributed by atoms with Gasteiger partial charge in [-0.15, -0.1) is 0 Å². The number of anilines is 6. The molecular formula is C92H64N2. The average molecular weight is 1200 g/mol. The van der Waals surface area contributed by atoms with Gasteiger partial charge < -0.3 is 9.80 Å². The Labute approximate surface area is 545 Å². The van der Waals surface area contributed by atoms with Crippen molar-refractivity contribution >= 4 is 153 Å². The quantitative estimate of drug-likeness (QED) is 0.126. The van der Waals surface area contributed by atoms with E-state index in [1.54, 1.807) is 0 Å². The molecule has 442 valence electrons. The smallest absolute Gasteiger partial charge is 0.0540 e. The fourth-order valence-corrected chi connectivity index (χ4v) is 19.9. The lowest BCUT2D eigenvalue weighted by molar-refractivity contribution is 0.627. The monoisotopic (exact) mass is 1200 g/mol. The highest BCUT2D eigenvalue weighted by molar-refractivity contribution is 6.37. The molecule has 22 rings (SSSR count). The van der Waals surface area contributed by atoms with Crippen molar-refractivity contribution < 1.29 is 0 Å². The summed E-state index contributed by atoms with van der Waals surface area (Å²) in [6.07, 6.45) is 0. The highest BCUT2D eigenvalue weighted by Gasteiger charge is 2.46. The number of hydrogen-bond acceptors (Lipinski definition) is 2. The second kappa shape index (κ2) is 16.9. The van der Waals surface area contributed by atoms with Crippen LogP contribution in [0.3, 0.4) is 0 Å². The third kappa shape index (κ3) is 5.99. The number of benzene rings is 18. The molecular weight excluding hydrogens is 1130 g/mol. The van der Waals surface area contributed by atoms with Crippen LogP contribution in [0.4, 0.5) is 34.1 Å². The maximum absolute atomic E-state index is 2.64. The molecule has 0 saturated carbocycles.